The third-order valence-electron chi connectivity index (χ3n) is 2.17. The summed E-state index contributed by atoms with van der Waals surface area (Å²) in [5.41, 5.74) is 0.760. The van der Waals surface area contributed by atoms with E-state index in [1.165, 1.54) is 0 Å². The van der Waals surface area contributed by atoms with E-state index in [0.717, 1.165) is 11.8 Å². The molecule has 0 atom stereocenters. The number of hydrogen-bond acceptors (Lipinski definition) is 6. The Morgan fingerprint density at radius 2 is 2.39 bits per heavy atom. The van der Waals surface area contributed by atoms with Gasteiger partial charge in [0.15, 0.2) is 5.69 Å². The monoisotopic (exact) mass is 249 g/mol. The second-order valence-corrected chi connectivity index (χ2v) is 3.41. The minimum atomic E-state index is -1.13. The van der Waals surface area contributed by atoms with E-state index in [-0.39, 0.29) is 11.7 Å². The predicted molar refractivity (Wildman–Crippen MR) is 61.6 cm³/mol. The Kier molecular flexibility index (Phi) is 3.42. The summed E-state index contributed by atoms with van der Waals surface area (Å²) in [6.07, 6.45) is 2.73. The first-order valence-corrected chi connectivity index (χ1v) is 5.10. The number of pyridine rings is 1. The highest BCUT2D eigenvalue weighted by atomic mass is 16.5. The normalized spacial score (nSPS) is 10.1. The average molecular weight is 249 g/mol. The molecule has 0 fully saturated rings. The average Bonchev–Trinajstić information content (AvgIpc) is 2.86. The number of aromatic carboxylic acids is 1. The molecule has 2 aromatic rings. The summed E-state index contributed by atoms with van der Waals surface area (Å²) >= 11 is 0. The molecule has 0 amide bonds. The van der Waals surface area contributed by atoms with Crippen LogP contribution in [-0.2, 0) is 6.54 Å². The Labute approximate surface area is 102 Å². The minimum absolute atomic E-state index is 0.134. The lowest BCUT2D eigenvalue weighted by atomic mass is 10.3. The number of carboxylic acid groups (broad SMARTS) is 1. The molecule has 0 saturated carbocycles. The smallest absolute Gasteiger partial charge is 0.357 e. The summed E-state index contributed by atoms with van der Waals surface area (Å²) in [6, 6.07) is 3.72. The highest BCUT2D eigenvalue weighted by Gasteiger charge is 2.09. The van der Waals surface area contributed by atoms with Gasteiger partial charge >= 0.3 is 5.97 Å². The van der Waals surface area contributed by atoms with Crippen molar-refractivity contribution in [1.29, 1.82) is 0 Å². The number of nitrogens with zero attached hydrogens (tertiary/aromatic N) is 2. The van der Waals surface area contributed by atoms with E-state index >= 15 is 0 Å². The van der Waals surface area contributed by atoms with Gasteiger partial charge in [0.25, 0.3) is 6.01 Å². The standard InChI is InChI=1S/C11H11N3O4/c1-17-9-3-2-7(4-12-9)5-13-11-14-8(6-18-11)10(15)16/h2-4,6H,5H2,1H3,(H,13,14)(H,15,16). The van der Waals surface area contributed by atoms with Gasteiger partial charge in [-0.1, -0.05) is 6.07 Å². The number of carboxylic acids is 1. The van der Waals surface area contributed by atoms with E-state index in [0.29, 0.717) is 12.4 Å². The van der Waals surface area contributed by atoms with Crippen molar-refractivity contribution in [2.24, 2.45) is 0 Å². The molecular weight excluding hydrogens is 238 g/mol. The molecule has 0 radical (unpaired) electrons. The van der Waals surface area contributed by atoms with Crippen molar-refractivity contribution in [3.8, 4) is 5.88 Å². The molecule has 0 aliphatic rings. The molecule has 0 bridgehead atoms. The quantitative estimate of drug-likeness (QED) is 0.826. The van der Waals surface area contributed by atoms with Gasteiger partial charge in [0.2, 0.25) is 5.88 Å². The largest absolute Gasteiger partial charge is 0.481 e. The molecule has 94 valence electrons. The van der Waals surface area contributed by atoms with Crippen molar-refractivity contribution in [1.82, 2.24) is 9.97 Å². The lowest BCUT2D eigenvalue weighted by Gasteiger charge is -2.02. The van der Waals surface area contributed by atoms with E-state index in [1.807, 2.05) is 6.07 Å². The number of nitrogens with one attached hydrogen (secondary N) is 1. The van der Waals surface area contributed by atoms with Gasteiger partial charge in [0.1, 0.15) is 6.26 Å². The second kappa shape index (κ2) is 5.17. The molecule has 0 unspecified atom stereocenters. The third-order valence-corrected chi connectivity index (χ3v) is 2.17. The van der Waals surface area contributed by atoms with Crippen molar-refractivity contribution in [3.05, 3.63) is 35.9 Å². The Balaban J connectivity index is 1.95. The molecule has 7 heteroatoms. The summed E-state index contributed by atoms with van der Waals surface area (Å²) in [4.78, 5) is 18.4. The van der Waals surface area contributed by atoms with E-state index in [2.05, 4.69) is 15.3 Å². The molecule has 0 aromatic carbocycles. The number of carbonyl (C=O) groups is 1. The molecule has 2 rings (SSSR count). The maximum absolute atomic E-state index is 10.6. The molecule has 0 saturated heterocycles. The number of hydrogen-bond donors (Lipinski definition) is 2. The predicted octanol–water partition coefficient (Wildman–Crippen LogP) is 1.39. The van der Waals surface area contributed by atoms with Gasteiger partial charge in [-0.25, -0.2) is 9.78 Å². The van der Waals surface area contributed by atoms with Gasteiger partial charge in [0, 0.05) is 18.8 Å². The minimum Gasteiger partial charge on any atom is -0.481 e. The molecule has 2 N–H and O–H groups in total. The number of ether oxygens (including phenoxy) is 1. The van der Waals surface area contributed by atoms with Crippen LogP contribution in [0.5, 0.6) is 5.88 Å². The lowest BCUT2D eigenvalue weighted by molar-refractivity contribution is 0.0690. The Hall–Kier alpha value is -2.57. The van der Waals surface area contributed by atoms with Crippen molar-refractivity contribution in [3.63, 3.8) is 0 Å². The Morgan fingerprint density at radius 1 is 1.56 bits per heavy atom. The summed E-state index contributed by atoms with van der Waals surface area (Å²) in [6.45, 7) is 0.427. The fourth-order valence-electron chi connectivity index (χ4n) is 1.27. The summed E-state index contributed by atoms with van der Waals surface area (Å²) < 4.78 is 9.88. The maximum atomic E-state index is 10.6. The summed E-state index contributed by atoms with van der Waals surface area (Å²) in [5, 5.41) is 11.5. The number of rotatable bonds is 5. The van der Waals surface area contributed by atoms with Crippen LogP contribution < -0.4 is 10.1 Å². The SMILES string of the molecule is COc1ccc(CNc2nc(C(=O)O)co2)cn1. The second-order valence-electron chi connectivity index (χ2n) is 3.41. The highest BCUT2D eigenvalue weighted by molar-refractivity contribution is 5.85. The van der Waals surface area contributed by atoms with Crippen LogP contribution in [-0.4, -0.2) is 28.2 Å². The molecule has 0 aliphatic heterocycles. The van der Waals surface area contributed by atoms with Gasteiger partial charge in [-0.3, -0.25) is 0 Å². The molecule has 2 heterocycles. The van der Waals surface area contributed by atoms with E-state index in [9.17, 15) is 4.79 Å². The zero-order valence-corrected chi connectivity index (χ0v) is 9.58. The topological polar surface area (TPSA) is 97.5 Å². The fraction of sp³-hybridized carbons (Fsp3) is 0.182. The highest BCUT2D eigenvalue weighted by Crippen LogP contribution is 2.11. The van der Waals surface area contributed by atoms with Gasteiger partial charge in [0.05, 0.1) is 7.11 Å². The number of aromatic nitrogens is 2. The van der Waals surface area contributed by atoms with Crippen LogP contribution in [0.15, 0.2) is 29.0 Å². The zero-order chi connectivity index (χ0) is 13.0. The van der Waals surface area contributed by atoms with E-state index in [4.69, 9.17) is 14.3 Å². The van der Waals surface area contributed by atoms with Gasteiger partial charge in [-0.2, -0.15) is 4.98 Å². The Bertz CT molecular complexity index is 535. The van der Waals surface area contributed by atoms with Crippen molar-refractivity contribution in [2.75, 3.05) is 12.4 Å². The molecule has 2 aromatic heterocycles. The van der Waals surface area contributed by atoms with Crippen molar-refractivity contribution < 1.29 is 19.1 Å². The molecular formula is C11H11N3O4. The molecule has 18 heavy (non-hydrogen) atoms. The Morgan fingerprint density at radius 3 is 2.94 bits per heavy atom. The van der Waals surface area contributed by atoms with Crippen molar-refractivity contribution in [2.45, 2.75) is 6.54 Å². The van der Waals surface area contributed by atoms with Gasteiger partial charge in [-0.15, -0.1) is 0 Å². The molecule has 7 nitrogen and oxygen atoms in total. The number of anilines is 1. The molecule has 0 aliphatic carbocycles. The van der Waals surface area contributed by atoms with E-state index < -0.39 is 5.97 Å². The van der Waals surface area contributed by atoms with Crippen LogP contribution in [0.3, 0.4) is 0 Å². The van der Waals surface area contributed by atoms with Crippen LogP contribution in [0.4, 0.5) is 6.01 Å². The van der Waals surface area contributed by atoms with E-state index in [1.54, 1.807) is 19.4 Å². The number of oxazole rings is 1. The first kappa shape index (κ1) is 11.9. The summed E-state index contributed by atoms with van der Waals surface area (Å²) in [5.74, 6) is -0.596. The third kappa shape index (κ3) is 2.76. The van der Waals surface area contributed by atoms with Crippen LogP contribution in [0.25, 0.3) is 0 Å². The summed E-state index contributed by atoms with van der Waals surface area (Å²) in [7, 11) is 1.54. The lowest BCUT2D eigenvalue weighted by Crippen LogP contribution is -2.02. The van der Waals surface area contributed by atoms with Crippen LogP contribution in [0.1, 0.15) is 16.1 Å². The van der Waals surface area contributed by atoms with Crippen LogP contribution in [0, 0.1) is 0 Å². The number of methoxy groups -OCH3 is 1. The zero-order valence-electron chi connectivity index (χ0n) is 9.58. The van der Waals surface area contributed by atoms with Gasteiger partial charge < -0.3 is 19.6 Å². The van der Waals surface area contributed by atoms with Gasteiger partial charge in [-0.05, 0) is 5.56 Å². The first-order chi connectivity index (χ1) is 8.69. The fourth-order valence-corrected chi connectivity index (χ4v) is 1.27. The van der Waals surface area contributed by atoms with Crippen molar-refractivity contribution >= 4 is 12.0 Å². The first-order valence-electron chi connectivity index (χ1n) is 5.10. The van der Waals surface area contributed by atoms with Crippen LogP contribution in [0.2, 0.25) is 0 Å². The van der Waals surface area contributed by atoms with Crippen LogP contribution >= 0.6 is 0 Å². The molecule has 0 spiro atoms. The maximum Gasteiger partial charge on any atom is 0.357 e.